The van der Waals surface area contributed by atoms with E-state index in [-0.39, 0.29) is 0 Å². The summed E-state index contributed by atoms with van der Waals surface area (Å²) in [6.07, 6.45) is -0.550. The number of benzene rings is 2. The molecule has 0 saturated carbocycles. The molecule has 1 heterocycles. The molecule has 0 aliphatic rings. The van der Waals surface area contributed by atoms with Crippen molar-refractivity contribution in [2.75, 3.05) is 12.4 Å². The van der Waals surface area contributed by atoms with Crippen molar-refractivity contribution in [2.24, 2.45) is 0 Å². The first-order valence-electron chi connectivity index (χ1n) is 8.37. The summed E-state index contributed by atoms with van der Waals surface area (Å²) in [5.41, 5.74) is 2.08. The maximum atomic E-state index is 12.5. The standard InChI is InChI=1S/C20H19ClN4O2/c1-20(2,3)27-19(26)25-17-8-6-13(10-15(17)18(23-4)24-25)14-9-12(11-22)5-7-16(14)21/h5-10H,1-4H3,(H,23,24). The Morgan fingerprint density at radius 3 is 2.63 bits per heavy atom. The van der Waals surface area contributed by atoms with E-state index in [0.717, 1.165) is 16.5 Å². The van der Waals surface area contributed by atoms with Gasteiger partial charge in [0.2, 0.25) is 0 Å². The SMILES string of the molecule is CNc1nn(C(=O)OC(C)(C)C)c2ccc(-c3cc(C#N)ccc3Cl)cc12. The fraction of sp³-hybridized carbons (Fsp3) is 0.250. The maximum absolute atomic E-state index is 12.5. The summed E-state index contributed by atoms with van der Waals surface area (Å²) in [7, 11) is 1.73. The topological polar surface area (TPSA) is 79.9 Å². The molecule has 0 radical (unpaired) electrons. The van der Waals surface area contributed by atoms with Gasteiger partial charge in [-0.25, -0.2) is 4.79 Å². The van der Waals surface area contributed by atoms with Gasteiger partial charge in [0.05, 0.1) is 17.1 Å². The second kappa shape index (κ2) is 6.93. The van der Waals surface area contributed by atoms with Crippen molar-refractivity contribution in [3.63, 3.8) is 0 Å². The summed E-state index contributed by atoms with van der Waals surface area (Å²) < 4.78 is 6.67. The molecule has 7 heteroatoms. The Morgan fingerprint density at radius 1 is 1.26 bits per heavy atom. The van der Waals surface area contributed by atoms with Crippen LogP contribution in [0.15, 0.2) is 36.4 Å². The zero-order chi connectivity index (χ0) is 19.8. The van der Waals surface area contributed by atoms with Crippen LogP contribution in [0.25, 0.3) is 22.0 Å². The predicted octanol–water partition coefficient (Wildman–Crippen LogP) is 5.05. The zero-order valence-corrected chi connectivity index (χ0v) is 16.3. The molecule has 0 bridgehead atoms. The Morgan fingerprint density at radius 2 is 2.00 bits per heavy atom. The number of carbonyl (C=O) groups is 1. The van der Waals surface area contributed by atoms with Crippen LogP contribution in [0, 0.1) is 11.3 Å². The molecule has 27 heavy (non-hydrogen) atoms. The molecule has 6 nitrogen and oxygen atoms in total. The number of carbonyl (C=O) groups excluding carboxylic acids is 1. The lowest BCUT2D eigenvalue weighted by Gasteiger charge is -2.19. The molecule has 0 aliphatic heterocycles. The van der Waals surface area contributed by atoms with Gasteiger partial charge in [-0.15, -0.1) is 5.10 Å². The Balaban J connectivity index is 2.14. The normalized spacial score (nSPS) is 11.3. The third-order valence-corrected chi connectivity index (χ3v) is 4.22. The van der Waals surface area contributed by atoms with Gasteiger partial charge in [0.25, 0.3) is 0 Å². The molecular formula is C20H19ClN4O2. The highest BCUT2D eigenvalue weighted by molar-refractivity contribution is 6.33. The van der Waals surface area contributed by atoms with Crippen LogP contribution in [0.4, 0.5) is 10.6 Å². The fourth-order valence-corrected chi connectivity index (χ4v) is 2.96. The van der Waals surface area contributed by atoms with Crippen molar-refractivity contribution in [3.05, 3.63) is 47.0 Å². The number of nitriles is 1. The third-order valence-electron chi connectivity index (χ3n) is 3.89. The third kappa shape index (κ3) is 3.74. The van der Waals surface area contributed by atoms with Gasteiger partial charge in [0.1, 0.15) is 5.60 Å². The Labute approximate surface area is 162 Å². The van der Waals surface area contributed by atoms with E-state index in [9.17, 15) is 4.79 Å². The minimum Gasteiger partial charge on any atom is -0.442 e. The van der Waals surface area contributed by atoms with Crippen molar-refractivity contribution >= 4 is 34.4 Å². The number of anilines is 1. The monoisotopic (exact) mass is 382 g/mol. The summed E-state index contributed by atoms with van der Waals surface area (Å²) in [6.45, 7) is 5.41. The van der Waals surface area contributed by atoms with E-state index in [2.05, 4.69) is 16.5 Å². The lowest BCUT2D eigenvalue weighted by Crippen LogP contribution is -2.27. The van der Waals surface area contributed by atoms with E-state index in [1.54, 1.807) is 52.1 Å². The van der Waals surface area contributed by atoms with Gasteiger partial charge in [-0.3, -0.25) is 0 Å². The highest BCUT2D eigenvalue weighted by Gasteiger charge is 2.22. The van der Waals surface area contributed by atoms with Gasteiger partial charge < -0.3 is 10.1 Å². The number of nitrogens with one attached hydrogen (secondary N) is 1. The molecule has 2 aromatic carbocycles. The van der Waals surface area contributed by atoms with E-state index < -0.39 is 11.7 Å². The summed E-state index contributed by atoms with van der Waals surface area (Å²) in [6, 6.07) is 12.7. The lowest BCUT2D eigenvalue weighted by molar-refractivity contribution is 0.0523. The quantitative estimate of drug-likeness (QED) is 0.670. The number of hydrogen-bond donors (Lipinski definition) is 1. The van der Waals surface area contributed by atoms with Crippen LogP contribution in [0.2, 0.25) is 5.02 Å². The first-order chi connectivity index (χ1) is 12.7. The Bertz CT molecular complexity index is 1070. The van der Waals surface area contributed by atoms with Crippen molar-refractivity contribution in [1.29, 1.82) is 5.26 Å². The second-order valence-electron chi connectivity index (χ2n) is 7.03. The Kier molecular flexibility index (Phi) is 4.81. The smallest absolute Gasteiger partial charge is 0.435 e. The minimum atomic E-state index is -0.625. The Hall–Kier alpha value is -3.04. The average molecular weight is 383 g/mol. The van der Waals surface area contributed by atoms with Crippen molar-refractivity contribution in [3.8, 4) is 17.2 Å². The van der Waals surface area contributed by atoms with E-state index in [0.29, 0.717) is 21.9 Å². The van der Waals surface area contributed by atoms with Gasteiger partial charge in [0.15, 0.2) is 5.82 Å². The van der Waals surface area contributed by atoms with E-state index in [1.165, 1.54) is 4.68 Å². The van der Waals surface area contributed by atoms with Gasteiger partial charge in [-0.1, -0.05) is 17.7 Å². The van der Waals surface area contributed by atoms with Crippen molar-refractivity contribution < 1.29 is 9.53 Å². The number of fused-ring (bicyclic) bond motifs is 1. The lowest BCUT2D eigenvalue weighted by atomic mass is 10.0. The fourth-order valence-electron chi connectivity index (χ4n) is 2.73. The first-order valence-corrected chi connectivity index (χ1v) is 8.75. The maximum Gasteiger partial charge on any atom is 0.435 e. The molecule has 138 valence electrons. The molecule has 0 aliphatic carbocycles. The van der Waals surface area contributed by atoms with Crippen molar-refractivity contribution in [1.82, 2.24) is 9.78 Å². The molecule has 0 spiro atoms. The van der Waals surface area contributed by atoms with Crippen LogP contribution < -0.4 is 5.32 Å². The highest BCUT2D eigenvalue weighted by atomic mass is 35.5. The van der Waals surface area contributed by atoms with E-state index >= 15 is 0 Å². The molecule has 0 unspecified atom stereocenters. The van der Waals surface area contributed by atoms with Crippen LogP contribution >= 0.6 is 11.6 Å². The number of hydrogen-bond acceptors (Lipinski definition) is 5. The number of aromatic nitrogens is 2. The first kappa shape index (κ1) is 18.7. The number of rotatable bonds is 2. The molecule has 0 fully saturated rings. The summed E-state index contributed by atoms with van der Waals surface area (Å²) in [5, 5.41) is 17.8. The molecule has 3 rings (SSSR count). The molecule has 0 saturated heterocycles. The predicted molar refractivity (Wildman–Crippen MR) is 106 cm³/mol. The number of ether oxygens (including phenoxy) is 1. The minimum absolute atomic E-state index is 0.521. The zero-order valence-electron chi connectivity index (χ0n) is 15.5. The molecule has 1 N–H and O–H groups in total. The molecule has 0 atom stereocenters. The summed E-state index contributed by atoms with van der Waals surface area (Å²) in [4.78, 5) is 12.5. The van der Waals surface area contributed by atoms with E-state index in [4.69, 9.17) is 21.6 Å². The second-order valence-corrected chi connectivity index (χ2v) is 7.44. The van der Waals surface area contributed by atoms with Crippen LogP contribution in [-0.2, 0) is 4.74 Å². The molecular weight excluding hydrogens is 364 g/mol. The van der Waals surface area contributed by atoms with Crippen molar-refractivity contribution in [2.45, 2.75) is 26.4 Å². The van der Waals surface area contributed by atoms with Crippen LogP contribution in [0.1, 0.15) is 26.3 Å². The van der Waals surface area contributed by atoms with Crippen LogP contribution in [0.3, 0.4) is 0 Å². The molecule has 1 aromatic heterocycles. The summed E-state index contributed by atoms with van der Waals surface area (Å²) >= 11 is 6.32. The molecule has 3 aromatic rings. The van der Waals surface area contributed by atoms with Gasteiger partial charge in [-0.05, 0) is 56.7 Å². The van der Waals surface area contributed by atoms with Crippen LogP contribution in [0.5, 0.6) is 0 Å². The summed E-state index contributed by atoms with van der Waals surface area (Å²) in [5.74, 6) is 0.547. The number of nitrogens with zero attached hydrogens (tertiary/aromatic N) is 3. The molecule has 0 amide bonds. The van der Waals surface area contributed by atoms with Gasteiger partial charge >= 0.3 is 6.09 Å². The largest absolute Gasteiger partial charge is 0.442 e. The van der Waals surface area contributed by atoms with Gasteiger partial charge in [0, 0.05) is 23.0 Å². The average Bonchev–Trinajstić information content (AvgIpc) is 2.99. The van der Waals surface area contributed by atoms with Gasteiger partial charge in [-0.2, -0.15) is 9.94 Å². The van der Waals surface area contributed by atoms with E-state index in [1.807, 2.05) is 12.1 Å². The number of halogens is 1. The van der Waals surface area contributed by atoms with Crippen LogP contribution in [-0.4, -0.2) is 28.5 Å². The highest BCUT2D eigenvalue weighted by Crippen LogP contribution is 2.33.